The Bertz CT molecular complexity index is 610. The lowest BCUT2D eigenvalue weighted by atomic mass is 10.1. The first-order valence-electron chi connectivity index (χ1n) is 6.62. The van der Waals surface area contributed by atoms with Crippen molar-refractivity contribution in [3.05, 3.63) is 66.0 Å². The van der Waals surface area contributed by atoms with E-state index in [2.05, 4.69) is 27.6 Å². The van der Waals surface area contributed by atoms with Gasteiger partial charge < -0.3 is 0 Å². The van der Waals surface area contributed by atoms with E-state index < -0.39 is 0 Å². The van der Waals surface area contributed by atoms with Gasteiger partial charge in [0.25, 0.3) is 0 Å². The van der Waals surface area contributed by atoms with Crippen molar-refractivity contribution in [2.24, 2.45) is 11.0 Å². The van der Waals surface area contributed by atoms with Crippen LogP contribution >= 0.6 is 0 Å². The predicted molar refractivity (Wildman–Crippen MR) is 77.3 cm³/mol. The molecule has 1 fully saturated rings. The van der Waals surface area contributed by atoms with E-state index >= 15 is 0 Å². The largest absolute Gasteiger partial charge is 0.273 e. The van der Waals surface area contributed by atoms with Gasteiger partial charge in [0.2, 0.25) is 5.91 Å². The number of carbonyl (C=O) groups is 1. The standard InChI is InChI=1S/C16H15N3O/c20-16(19-18-11-12-6-8-17-9-7-12)15-10-14(15)13-4-2-1-3-5-13/h1-9,11,14-15H,10H2,(H,19,20)/b18-11-/t14-,15+/m0/s1. The van der Waals surface area contributed by atoms with Crippen molar-refractivity contribution < 1.29 is 4.79 Å². The molecule has 3 rings (SSSR count). The molecule has 1 aliphatic rings. The average molecular weight is 265 g/mol. The third-order valence-corrected chi connectivity index (χ3v) is 3.45. The normalized spacial score (nSPS) is 20.8. The first-order valence-corrected chi connectivity index (χ1v) is 6.62. The number of amides is 1. The van der Waals surface area contributed by atoms with Crippen LogP contribution in [0.2, 0.25) is 0 Å². The molecule has 0 unspecified atom stereocenters. The Labute approximate surface area is 117 Å². The Morgan fingerprint density at radius 3 is 2.70 bits per heavy atom. The van der Waals surface area contributed by atoms with Gasteiger partial charge in [-0.3, -0.25) is 9.78 Å². The number of hydrazone groups is 1. The summed E-state index contributed by atoms with van der Waals surface area (Å²) in [6, 6.07) is 13.8. The van der Waals surface area contributed by atoms with E-state index in [1.54, 1.807) is 18.6 Å². The van der Waals surface area contributed by atoms with Gasteiger partial charge in [-0.25, -0.2) is 5.43 Å². The van der Waals surface area contributed by atoms with Crippen LogP contribution in [0.4, 0.5) is 0 Å². The minimum Gasteiger partial charge on any atom is -0.273 e. The highest BCUT2D eigenvalue weighted by atomic mass is 16.2. The lowest BCUT2D eigenvalue weighted by molar-refractivity contribution is -0.122. The summed E-state index contributed by atoms with van der Waals surface area (Å²) in [6.07, 6.45) is 5.91. The zero-order valence-corrected chi connectivity index (χ0v) is 10.9. The van der Waals surface area contributed by atoms with Gasteiger partial charge in [-0.05, 0) is 35.6 Å². The summed E-state index contributed by atoms with van der Waals surface area (Å²) in [5.41, 5.74) is 4.74. The highest BCUT2D eigenvalue weighted by molar-refractivity contribution is 5.85. The second kappa shape index (κ2) is 5.65. The highest BCUT2D eigenvalue weighted by Gasteiger charge is 2.43. The van der Waals surface area contributed by atoms with Gasteiger partial charge in [0, 0.05) is 18.3 Å². The molecule has 1 heterocycles. The van der Waals surface area contributed by atoms with Crippen LogP contribution < -0.4 is 5.43 Å². The van der Waals surface area contributed by atoms with Crippen LogP contribution in [0.25, 0.3) is 0 Å². The van der Waals surface area contributed by atoms with Crippen molar-refractivity contribution in [1.82, 2.24) is 10.4 Å². The minimum absolute atomic E-state index is 0.0100. The molecule has 0 bridgehead atoms. The van der Waals surface area contributed by atoms with Gasteiger partial charge >= 0.3 is 0 Å². The highest BCUT2D eigenvalue weighted by Crippen LogP contribution is 2.47. The molecule has 4 nitrogen and oxygen atoms in total. The fourth-order valence-electron chi connectivity index (χ4n) is 2.26. The van der Waals surface area contributed by atoms with E-state index in [9.17, 15) is 4.79 Å². The van der Waals surface area contributed by atoms with Crippen molar-refractivity contribution in [3.8, 4) is 0 Å². The lowest BCUT2D eigenvalue weighted by Gasteiger charge is -1.99. The van der Waals surface area contributed by atoms with E-state index in [-0.39, 0.29) is 11.8 Å². The second-order valence-electron chi connectivity index (χ2n) is 4.87. The Morgan fingerprint density at radius 2 is 1.95 bits per heavy atom. The minimum atomic E-state index is -0.0100. The number of hydrogen-bond acceptors (Lipinski definition) is 3. The Morgan fingerprint density at radius 1 is 1.20 bits per heavy atom. The fourth-order valence-corrected chi connectivity index (χ4v) is 2.26. The molecule has 4 heteroatoms. The van der Waals surface area contributed by atoms with Gasteiger partial charge in [0.1, 0.15) is 0 Å². The van der Waals surface area contributed by atoms with Crippen LogP contribution in [-0.4, -0.2) is 17.1 Å². The zero-order valence-electron chi connectivity index (χ0n) is 10.9. The number of rotatable bonds is 4. The van der Waals surface area contributed by atoms with Crippen LogP contribution in [0.15, 0.2) is 60.0 Å². The topological polar surface area (TPSA) is 54.4 Å². The Kier molecular flexibility index (Phi) is 3.54. The molecular formula is C16H15N3O. The molecule has 1 amide bonds. The van der Waals surface area contributed by atoms with E-state index in [1.807, 2.05) is 30.3 Å². The van der Waals surface area contributed by atoms with Gasteiger partial charge in [0.05, 0.1) is 6.21 Å². The SMILES string of the molecule is O=C(N/N=C\c1ccncc1)[C@@H]1C[C@H]1c1ccccc1. The van der Waals surface area contributed by atoms with Crippen molar-refractivity contribution >= 4 is 12.1 Å². The molecule has 0 saturated heterocycles. The van der Waals surface area contributed by atoms with Crippen LogP contribution in [0.1, 0.15) is 23.5 Å². The average Bonchev–Trinajstić information content (AvgIpc) is 3.30. The Balaban J connectivity index is 1.53. The molecule has 0 spiro atoms. The van der Waals surface area contributed by atoms with Crippen LogP contribution in [0, 0.1) is 5.92 Å². The molecule has 100 valence electrons. The third kappa shape index (κ3) is 2.91. The molecule has 0 aliphatic heterocycles. The fraction of sp³-hybridized carbons (Fsp3) is 0.188. The number of carbonyl (C=O) groups excluding carboxylic acids is 1. The molecule has 0 radical (unpaired) electrons. The molecule has 1 aromatic carbocycles. The summed E-state index contributed by atoms with van der Waals surface area (Å²) < 4.78 is 0. The molecule has 2 aromatic rings. The molecular weight excluding hydrogens is 250 g/mol. The van der Waals surface area contributed by atoms with Crippen LogP contribution in [-0.2, 0) is 4.79 Å². The number of nitrogens with one attached hydrogen (secondary N) is 1. The van der Waals surface area contributed by atoms with Crippen molar-refractivity contribution in [3.63, 3.8) is 0 Å². The molecule has 1 N–H and O–H groups in total. The van der Waals surface area contributed by atoms with Gasteiger partial charge in [-0.1, -0.05) is 30.3 Å². The lowest BCUT2D eigenvalue weighted by Crippen LogP contribution is -2.20. The summed E-state index contributed by atoms with van der Waals surface area (Å²) in [4.78, 5) is 15.9. The van der Waals surface area contributed by atoms with E-state index in [1.165, 1.54) is 5.56 Å². The van der Waals surface area contributed by atoms with Crippen molar-refractivity contribution in [2.75, 3.05) is 0 Å². The van der Waals surface area contributed by atoms with Crippen molar-refractivity contribution in [1.29, 1.82) is 0 Å². The maximum absolute atomic E-state index is 11.9. The summed E-state index contributed by atoms with van der Waals surface area (Å²) >= 11 is 0. The maximum atomic E-state index is 11.9. The first kappa shape index (κ1) is 12.5. The molecule has 2 atom stereocenters. The number of benzene rings is 1. The zero-order chi connectivity index (χ0) is 13.8. The van der Waals surface area contributed by atoms with E-state index in [4.69, 9.17) is 0 Å². The third-order valence-electron chi connectivity index (χ3n) is 3.45. The number of nitrogens with zero attached hydrogens (tertiary/aromatic N) is 2. The molecule has 20 heavy (non-hydrogen) atoms. The van der Waals surface area contributed by atoms with Crippen LogP contribution in [0.3, 0.4) is 0 Å². The van der Waals surface area contributed by atoms with Gasteiger partial charge in [0.15, 0.2) is 0 Å². The van der Waals surface area contributed by atoms with Gasteiger partial charge in [-0.15, -0.1) is 0 Å². The van der Waals surface area contributed by atoms with E-state index in [0.717, 1.165) is 12.0 Å². The number of aromatic nitrogens is 1. The monoisotopic (exact) mass is 265 g/mol. The molecule has 1 aliphatic carbocycles. The summed E-state index contributed by atoms with van der Waals surface area (Å²) in [5.74, 6) is 0.378. The van der Waals surface area contributed by atoms with Crippen LogP contribution in [0.5, 0.6) is 0 Å². The summed E-state index contributed by atoms with van der Waals surface area (Å²) in [6.45, 7) is 0. The molecule has 1 saturated carbocycles. The second-order valence-corrected chi connectivity index (χ2v) is 4.87. The smallest absolute Gasteiger partial charge is 0.243 e. The Hall–Kier alpha value is -2.49. The summed E-state index contributed by atoms with van der Waals surface area (Å²) in [5, 5.41) is 3.98. The number of pyridine rings is 1. The van der Waals surface area contributed by atoms with Gasteiger partial charge in [-0.2, -0.15) is 5.10 Å². The molecule has 1 aromatic heterocycles. The first-order chi connectivity index (χ1) is 9.84. The quantitative estimate of drug-likeness (QED) is 0.681. The number of hydrogen-bond donors (Lipinski definition) is 1. The predicted octanol–water partition coefficient (Wildman–Crippen LogP) is 2.34. The van der Waals surface area contributed by atoms with Crippen molar-refractivity contribution in [2.45, 2.75) is 12.3 Å². The summed E-state index contributed by atoms with van der Waals surface area (Å²) in [7, 11) is 0. The van der Waals surface area contributed by atoms with E-state index in [0.29, 0.717) is 5.92 Å². The maximum Gasteiger partial charge on any atom is 0.243 e.